The molecule has 1 saturated heterocycles. The number of benzene rings is 1. The van der Waals surface area contributed by atoms with Crippen molar-refractivity contribution in [1.82, 2.24) is 9.80 Å². The van der Waals surface area contributed by atoms with Crippen LogP contribution in [0.5, 0.6) is 0 Å². The molecule has 112 valence electrons. The molecule has 2 N–H and O–H groups in total. The van der Waals surface area contributed by atoms with Crippen LogP contribution in [0.1, 0.15) is 32.4 Å². The molecule has 0 saturated carbocycles. The Morgan fingerprint density at radius 1 is 1.20 bits per heavy atom. The largest absolute Gasteiger partial charge is 0.329 e. The van der Waals surface area contributed by atoms with Crippen LogP contribution in [0.15, 0.2) is 24.3 Å². The van der Waals surface area contributed by atoms with Crippen molar-refractivity contribution in [3.63, 3.8) is 0 Å². The third kappa shape index (κ3) is 3.73. The number of hydrogen-bond acceptors (Lipinski definition) is 3. The van der Waals surface area contributed by atoms with E-state index in [1.54, 1.807) is 0 Å². The summed E-state index contributed by atoms with van der Waals surface area (Å²) in [5.74, 6) is 0. The highest BCUT2D eigenvalue weighted by molar-refractivity contribution is 6.30. The standard InChI is InChI=1S/C16H26ClN3/c1-16(2,3)20-9-7-19(8-10-20)15(12-18)13-5-4-6-14(17)11-13/h4-6,11,15H,7-10,12,18H2,1-3H3. The average Bonchev–Trinajstić information content (AvgIpc) is 2.39. The maximum Gasteiger partial charge on any atom is 0.0472 e. The predicted octanol–water partition coefficient (Wildman–Crippen LogP) is 2.76. The topological polar surface area (TPSA) is 32.5 Å². The van der Waals surface area contributed by atoms with E-state index in [0.717, 1.165) is 31.2 Å². The van der Waals surface area contributed by atoms with E-state index in [-0.39, 0.29) is 11.6 Å². The number of halogens is 1. The summed E-state index contributed by atoms with van der Waals surface area (Å²) in [6.07, 6.45) is 0. The van der Waals surface area contributed by atoms with E-state index in [1.807, 2.05) is 18.2 Å². The minimum atomic E-state index is 0.250. The Bertz CT molecular complexity index is 434. The number of hydrogen-bond donors (Lipinski definition) is 1. The molecule has 4 heteroatoms. The van der Waals surface area contributed by atoms with Gasteiger partial charge in [-0.25, -0.2) is 0 Å². The van der Waals surface area contributed by atoms with Crippen LogP contribution in [0.4, 0.5) is 0 Å². The fraction of sp³-hybridized carbons (Fsp3) is 0.625. The van der Waals surface area contributed by atoms with Crippen molar-refractivity contribution in [1.29, 1.82) is 0 Å². The van der Waals surface area contributed by atoms with Gasteiger partial charge >= 0.3 is 0 Å². The van der Waals surface area contributed by atoms with Crippen molar-refractivity contribution in [2.75, 3.05) is 32.7 Å². The highest BCUT2D eigenvalue weighted by Crippen LogP contribution is 2.25. The second-order valence-corrected chi connectivity index (χ2v) is 6.94. The second kappa shape index (κ2) is 6.44. The highest BCUT2D eigenvalue weighted by Gasteiger charge is 2.29. The molecule has 1 aliphatic heterocycles. The molecule has 20 heavy (non-hydrogen) atoms. The van der Waals surface area contributed by atoms with Crippen molar-refractivity contribution in [2.45, 2.75) is 32.4 Å². The van der Waals surface area contributed by atoms with Gasteiger partial charge in [0.2, 0.25) is 0 Å². The van der Waals surface area contributed by atoms with Crippen LogP contribution in [-0.4, -0.2) is 48.1 Å². The fourth-order valence-electron chi connectivity index (χ4n) is 2.91. The Hall–Kier alpha value is -0.610. The highest BCUT2D eigenvalue weighted by atomic mass is 35.5. The average molecular weight is 296 g/mol. The summed E-state index contributed by atoms with van der Waals surface area (Å²) in [6.45, 7) is 11.8. The summed E-state index contributed by atoms with van der Waals surface area (Å²) in [6, 6.07) is 8.35. The third-order valence-corrected chi connectivity index (χ3v) is 4.40. The molecule has 0 aliphatic carbocycles. The zero-order valence-corrected chi connectivity index (χ0v) is 13.5. The van der Waals surface area contributed by atoms with E-state index in [4.69, 9.17) is 17.3 Å². The molecule has 1 fully saturated rings. The maximum atomic E-state index is 6.10. The van der Waals surface area contributed by atoms with Crippen molar-refractivity contribution in [3.8, 4) is 0 Å². The molecule has 1 atom stereocenters. The summed E-state index contributed by atoms with van der Waals surface area (Å²) in [5, 5.41) is 0.786. The molecule has 0 spiro atoms. The van der Waals surface area contributed by atoms with Gasteiger partial charge in [-0.2, -0.15) is 0 Å². The molecule has 1 aliphatic rings. The lowest BCUT2D eigenvalue weighted by atomic mass is 10.0. The summed E-state index contributed by atoms with van der Waals surface area (Å²) in [5.41, 5.74) is 7.48. The first-order chi connectivity index (χ1) is 9.41. The first kappa shape index (κ1) is 15.8. The SMILES string of the molecule is CC(C)(C)N1CCN(C(CN)c2cccc(Cl)c2)CC1. The van der Waals surface area contributed by atoms with Crippen molar-refractivity contribution in [2.24, 2.45) is 5.73 Å². The van der Waals surface area contributed by atoms with Crippen LogP contribution in [0.2, 0.25) is 5.02 Å². The second-order valence-electron chi connectivity index (χ2n) is 6.50. The molecule has 0 radical (unpaired) electrons. The number of nitrogens with two attached hydrogens (primary N) is 1. The van der Waals surface area contributed by atoms with Gasteiger partial charge in [0, 0.05) is 49.3 Å². The van der Waals surface area contributed by atoms with Crippen molar-refractivity contribution in [3.05, 3.63) is 34.9 Å². The maximum absolute atomic E-state index is 6.10. The minimum absolute atomic E-state index is 0.250. The van der Waals surface area contributed by atoms with Gasteiger partial charge in [0.05, 0.1) is 0 Å². The van der Waals surface area contributed by atoms with E-state index >= 15 is 0 Å². The zero-order valence-electron chi connectivity index (χ0n) is 12.8. The van der Waals surface area contributed by atoms with Crippen LogP contribution < -0.4 is 5.73 Å². The fourth-order valence-corrected chi connectivity index (χ4v) is 3.11. The Kier molecular flexibility index (Phi) is 5.08. The van der Waals surface area contributed by atoms with Crippen LogP contribution in [0.3, 0.4) is 0 Å². The summed E-state index contributed by atoms with van der Waals surface area (Å²) in [4.78, 5) is 5.02. The molecular weight excluding hydrogens is 270 g/mol. The number of nitrogens with zero attached hydrogens (tertiary/aromatic N) is 2. The van der Waals surface area contributed by atoms with E-state index in [9.17, 15) is 0 Å². The van der Waals surface area contributed by atoms with Crippen LogP contribution in [0, 0.1) is 0 Å². The predicted molar refractivity (Wildman–Crippen MR) is 86.1 cm³/mol. The van der Waals surface area contributed by atoms with Gasteiger partial charge in [0.25, 0.3) is 0 Å². The smallest absolute Gasteiger partial charge is 0.0472 e. The Balaban J connectivity index is 2.04. The molecule has 0 amide bonds. The van der Waals surface area contributed by atoms with Crippen LogP contribution in [-0.2, 0) is 0 Å². The first-order valence-electron chi connectivity index (χ1n) is 7.36. The zero-order chi connectivity index (χ0) is 14.8. The molecular formula is C16H26ClN3. The van der Waals surface area contributed by atoms with Gasteiger partial charge in [-0.05, 0) is 38.5 Å². The van der Waals surface area contributed by atoms with E-state index in [1.165, 1.54) is 5.56 Å². The quantitative estimate of drug-likeness (QED) is 0.931. The monoisotopic (exact) mass is 295 g/mol. The van der Waals surface area contributed by atoms with Gasteiger partial charge in [-0.1, -0.05) is 23.7 Å². The molecule has 1 heterocycles. The van der Waals surface area contributed by atoms with E-state index in [0.29, 0.717) is 6.54 Å². The van der Waals surface area contributed by atoms with Gasteiger partial charge < -0.3 is 5.73 Å². The van der Waals surface area contributed by atoms with Gasteiger partial charge in [0.15, 0.2) is 0 Å². The molecule has 0 aromatic heterocycles. The lowest BCUT2D eigenvalue weighted by Gasteiger charge is -2.44. The minimum Gasteiger partial charge on any atom is -0.329 e. The lowest BCUT2D eigenvalue weighted by Crippen LogP contribution is -2.54. The van der Waals surface area contributed by atoms with Gasteiger partial charge in [-0.15, -0.1) is 0 Å². The molecule has 1 unspecified atom stereocenters. The lowest BCUT2D eigenvalue weighted by molar-refractivity contribution is 0.0433. The van der Waals surface area contributed by atoms with Gasteiger partial charge in [0.1, 0.15) is 0 Å². The summed E-state index contributed by atoms with van der Waals surface area (Å²) in [7, 11) is 0. The Morgan fingerprint density at radius 2 is 1.85 bits per heavy atom. The number of rotatable bonds is 3. The van der Waals surface area contributed by atoms with Crippen molar-refractivity contribution >= 4 is 11.6 Å². The molecule has 1 aromatic carbocycles. The van der Waals surface area contributed by atoms with Gasteiger partial charge in [-0.3, -0.25) is 9.80 Å². The third-order valence-electron chi connectivity index (χ3n) is 4.16. The normalized spacial score (nSPS) is 20.1. The van der Waals surface area contributed by atoms with E-state index < -0.39 is 0 Å². The summed E-state index contributed by atoms with van der Waals surface area (Å²) < 4.78 is 0. The van der Waals surface area contributed by atoms with Crippen LogP contribution in [0.25, 0.3) is 0 Å². The Labute approximate surface area is 127 Å². The van der Waals surface area contributed by atoms with Crippen LogP contribution >= 0.6 is 11.6 Å². The van der Waals surface area contributed by atoms with Crippen molar-refractivity contribution < 1.29 is 0 Å². The first-order valence-corrected chi connectivity index (χ1v) is 7.74. The molecule has 2 rings (SSSR count). The molecule has 3 nitrogen and oxygen atoms in total. The molecule has 1 aromatic rings. The summed E-state index contributed by atoms with van der Waals surface area (Å²) >= 11 is 6.10. The number of piperazine rings is 1. The Morgan fingerprint density at radius 3 is 2.35 bits per heavy atom. The van der Waals surface area contributed by atoms with E-state index in [2.05, 4.69) is 36.6 Å². The molecule has 0 bridgehead atoms.